The molecule has 2 atom stereocenters. The molecule has 0 spiro atoms. The lowest BCUT2D eigenvalue weighted by Gasteiger charge is -2.35. The van der Waals surface area contributed by atoms with E-state index in [1.807, 2.05) is 36.4 Å². The first-order valence-electron chi connectivity index (χ1n) is 10.7. The maximum atomic E-state index is 12.3. The van der Waals surface area contributed by atoms with Crippen LogP contribution >= 0.6 is 0 Å². The average molecular weight is 448 g/mol. The third-order valence-corrected chi connectivity index (χ3v) is 5.87. The molecule has 2 amide bonds. The number of alkyl carbamates (subject to hydrolysis) is 1. The van der Waals surface area contributed by atoms with Gasteiger partial charge in [-0.1, -0.05) is 54.5 Å². The van der Waals surface area contributed by atoms with Gasteiger partial charge in [-0.2, -0.15) is 0 Å². The quantitative estimate of drug-likeness (QED) is 0.695. The van der Waals surface area contributed by atoms with E-state index in [4.69, 9.17) is 9.47 Å². The number of morpholine rings is 1. The number of nitrogens with zero attached hydrogens (tertiary/aromatic N) is 1. The van der Waals surface area contributed by atoms with Crippen LogP contribution in [0.25, 0.3) is 11.1 Å². The Kier molecular flexibility index (Phi) is 6.61. The maximum Gasteiger partial charge on any atom is 0.407 e. The second-order valence-electron chi connectivity index (χ2n) is 7.84. The molecule has 1 fully saturated rings. The lowest BCUT2D eigenvalue weighted by molar-refractivity contribution is -0.162. The third-order valence-electron chi connectivity index (χ3n) is 5.87. The van der Waals surface area contributed by atoms with Crippen molar-refractivity contribution in [3.8, 4) is 23.0 Å². The van der Waals surface area contributed by atoms with Crippen LogP contribution in [0.3, 0.4) is 0 Å². The summed E-state index contributed by atoms with van der Waals surface area (Å²) in [4.78, 5) is 37.1. The Bertz CT molecular complexity index is 1090. The highest BCUT2D eigenvalue weighted by molar-refractivity contribution is 5.96. The fraction of sp³-hybridized carbons (Fsp3) is 0.320. The molecule has 2 unspecified atom stereocenters. The van der Waals surface area contributed by atoms with E-state index in [1.54, 1.807) is 6.92 Å². The van der Waals surface area contributed by atoms with Gasteiger partial charge >= 0.3 is 12.1 Å². The van der Waals surface area contributed by atoms with E-state index in [0.717, 1.165) is 22.3 Å². The second-order valence-corrected chi connectivity index (χ2v) is 7.84. The van der Waals surface area contributed by atoms with Crippen molar-refractivity contribution >= 4 is 18.0 Å². The van der Waals surface area contributed by atoms with Crippen molar-refractivity contribution in [1.82, 2.24) is 10.2 Å². The number of nitrogens with one attached hydrogen (secondary N) is 1. The number of ether oxygens (including phenoxy) is 2. The molecule has 4 rings (SSSR count). The number of carbonyl (C=O) groups is 3. The molecule has 0 aromatic heterocycles. The zero-order valence-electron chi connectivity index (χ0n) is 18.1. The summed E-state index contributed by atoms with van der Waals surface area (Å²) in [5.41, 5.74) is 4.52. The third kappa shape index (κ3) is 4.69. The van der Waals surface area contributed by atoms with Gasteiger partial charge in [0, 0.05) is 12.5 Å². The number of hydrogen-bond donors (Lipinski definition) is 2. The lowest BCUT2D eigenvalue weighted by Crippen LogP contribution is -2.56. The first kappa shape index (κ1) is 22.4. The normalized spacial score (nSPS) is 19.0. The number of carbonyl (C=O) groups excluding carboxylic acids is 2. The zero-order chi connectivity index (χ0) is 23.4. The molecule has 8 nitrogen and oxygen atoms in total. The fourth-order valence-electron chi connectivity index (χ4n) is 4.34. The van der Waals surface area contributed by atoms with Crippen molar-refractivity contribution in [3.63, 3.8) is 0 Å². The number of carboxylic acids is 1. The van der Waals surface area contributed by atoms with E-state index in [2.05, 4.69) is 29.3 Å². The van der Waals surface area contributed by atoms with Crippen molar-refractivity contribution in [2.45, 2.75) is 25.0 Å². The molecule has 1 aliphatic heterocycles. The standard InChI is InChI=1S/C25H24N2O6/c1-16-23(24(29)30)27(13-14-32-16)22(28)11-6-12-26-25(31)33-15-21-19-9-4-2-7-17(19)18-8-3-5-10-20(18)21/h2-5,7-10,16,21,23H,12-15H2,1H3,(H,26,31)(H,29,30). The van der Waals surface area contributed by atoms with Crippen LogP contribution in [0.5, 0.6) is 0 Å². The summed E-state index contributed by atoms with van der Waals surface area (Å²) in [6.45, 7) is 2.08. The van der Waals surface area contributed by atoms with Crippen LogP contribution in [-0.4, -0.2) is 66.4 Å². The molecule has 8 heteroatoms. The van der Waals surface area contributed by atoms with Crippen molar-refractivity contribution in [1.29, 1.82) is 0 Å². The number of amides is 2. The molecule has 170 valence electrons. The number of carboxylic acid groups (broad SMARTS) is 1. The Labute approximate surface area is 191 Å². The molecule has 33 heavy (non-hydrogen) atoms. The zero-order valence-corrected chi connectivity index (χ0v) is 18.1. The fourth-order valence-corrected chi connectivity index (χ4v) is 4.34. The van der Waals surface area contributed by atoms with Gasteiger partial charge in [0.15, 0.2) is 6.04 Å². The minimum atomic E-state index is -1.14. The largest absolute Gasteiger partial charge is 0.480 e. The average Bonchev–Trinajstić information content (AvgIpc) is 3.13. The van der Waals surface area contributed by atoms with Gasteiger partial charge in [-0.05, 0) is 35.1 Å². The molecular weight excluding hydrogens is 424 g/mol. The Morgan fingerprint density at radius 3 is 2.39 bits per heavy atom. The van der Waals surface area contributed by atoms with E-state index < -0.39 is 30.1 Å². The molecule has 1 heterocycles. The SMILES string of the molecule is CC1OCCN(C(=O)C#CCNC(=O)OCC2c3ccccc3-c3ccccc32)C1C(=O)O. The molecule has 2 aromatic carbocycles. The van der Waals surface area contributed by atoms with Crippen molar-refractivity contribution < 1.29 is 29.0 Å². The van der Waals surface area contributed by atoms with E-state index in [1.165, 1.54) is 4.90 Å². The van der Waals surface area contributed by atoms with Crippen LogP contribution in [-0.2, 0) is 19.1 Å². The number of hydrogen-bond acceptors (Lipinski definition) is 5. The number of aliphatic carboxylic acids is 1. The van der Waals surface area contributed by atoms with Crippen LogP contribution < -0.4 is 5.32 Å². The summed E-state index contributed by atoms with van der Waals surface area (Å²) in [7, 11) is 0. The van der Waals surface area contributed by atoms with Gasteiger partial charge in [0.05, 0.1) is 19.3 Å². The highest BCUT2D eigenvalue weighted by Gasteiger charge is 2.37. The Morgan fingerprint density at radius 1 is 1.12 bits per heavy atom. The first-order valence-corrected chi connectivity index (χ1v) is 10.7. The predicted molar refractivity (Wildman–Crippen MR) is 119 cm³/mol. The minimum Gasteiger partial charge on any atom is -0.480 e. The van der Waals surface area contributed by atoms with Gasteiger partial charge in [0.25, 0.3) is 5.91 Å². The Morgan fingerprint density at radius 2 is 1.76 bits per heavy atom. The van der Waals surface area contributed by atoms with Gasteiger partial charge in [0.2, 0.25) is 0 Å². The van der Waals surface area contributed by atoms with Gasteiger partial charge in [-0.25, -0.2) is 9.59 Å². The highest BCUT2D eigenvalue weighted by Crippen LogP contribution is 2.44. The van der Waals surface area contributed by atoms with Crippen LogP contribution in [0.4, 0.5) is 4.79 Å². The first-order chi connectivity index (χ1) is 16.0. The van der Waals surface area contributed by atoms with Crippen LogP contribution in [0.15, 0.2) is 48.5 Å². The summed E-state index contributed by atoms with van der Waals surface area (Å²) >= 11 is 0. The van der Waals surface area contributed by atoms with Crippen LogP contribution in [0.2, 0.25) is 0 Å². The summed E-state index contributed by atoms with van der Waals surface area (Å²) in [5, 5.41) is 11.9. The van der Waals surface area contributed by atoms with E-state index in [9.17, 15) is 19.5 Å². The van der Waals surface area contributed by atoms with Gasteiger partial charge in [-0.3, -0.25) is 4.79 Å². The van der Waals surface area contributed by atoms with Gasteiger partial charge in [-0.15, -0.1) is 0 Å². The van der Waals surface area contributed by atoms with E-state index in [0.29, 0.717) is 0 Å². The topological polar surface area (TPSA) is 105 Å². The predicted octanol–water partition coefficient (Wildman–Crippen LogP) is 2.23. The Balaban J connectivity index is 1.30. The summed E-state index contributed by atoms with van der Waals surface area (Å²) in [6, 6.07) is 15.0. The number of fused-ring (bicyclic) bond motifs is 3. The molecule has 1 aliphatic carbocycles. The number of rotatable bonds is 4. The van der Waals surface area contributed by atoms with Crippen molar-refractivity contribution in [3.05, 3.63) is 59.7 Å². The second kappa shape index (κ2) is 9.76. The lowest BCUT2D eigenvalue weighted by atomic mass is 9.98. The monoisotopic (exact) mass is 448 g/mol. The Hall–Kier alpha value is -3.83. The smallest absolute Gasteiger partial charge is 0.407 e. The number of benzene rings is 2. The molecule has 2 aliphatic rings. The molecule has 2 aromatic rings. The molecular formula is C25H24N2O6. The van der Waals surface area contributed by atoms with Crippen LogP contribution in [0, 0.1) is 11.8 Å². The van der Waals surface area contributed by atoms with Gasteiger partial charge < -0.3 is 24.8 Å². The van der Waals surface area contributed by atoms with E-state index >= 15 is 0 Å². The molecule has 0 saturated carbocycles. The van der Waals surface area contributed by atoms with Crippen molar-refractivity contribution in [2.75, 3.05) is 26.3 Å². The van der Waals surface area contributed by atoms with Crippen molar-refractivity contribution in [2.24, 2.45) is 0 Å². The summed E-state index contributed by atoms with van der Waals surface area (Å²) in [6.07, 6.45) is -1.26. The summed E-state index contributed by atoms with van der Waals surface area (Å²) < 4.78 is 10.7. The summed E-state index contributed by atoms with van der Waals surface area (Å²) in [5.74, 6) is 3.13. The molecule has 0 radical (unpaired) electrons. The maximum absolute atomic E-state index is 12.3. The molecule has 0 bridgehead atoms. The van der Waals surface area contributed by atoms with E-state index in [-0.39, 0.29) is 32.2 Å². The molecule has 2 N–H and O–H groups in total. The highest BCUT2D eigenvalue weighted by atomic mass is 16.5. The molecule has 1 saturated heterocycles. The van der Waals surface area contributed by atoms with Crippen LogP contribution in [0.1, 0.15) is 24.0 Å². The minimum absolute atomic E-state index is 0.0490. The van der Waals surface area contributed by atoms with Gasteiger partial charge in [0.1, 0.15) is 6.61 Å².